The van der Waals surface area contributed by atoms with E-state index >= 15 is 0 Å². The molecule has 0 saturated heterocycles. The molecule has 0 amide bonds. The fourth-order valence-electron chi connectivity index (χ4n) is 3.14. The monoisotopic (exact) mass is 376 g/mol. The van der Waals surface area contributed by atoms with E-state index in [1.165, 1.54) is 19.2 Å². The van der Waals surface area contributed by atoms with Gasteiger partial charge in [0.15, 0.2) is 6.61 Å². The number of ketones is 1. The molecule has 1 aliphatic rings. The van der Waals surface area contributed by atoms with Crippen LogP contribution in [0.3, 0.4) is 0 Å². The third-order valence-corrected chi connectivity index (χ3v) is 4.90. The molecule has 3 rings (SSSR count). The molecule has 1 fully saturated rings. The summed E-state index contributed by atoms with van der Waals surface area (Å²) in [5.74, 6) is -0.678. The highest BCUT2D eigenvalue weighted by Gasteiger charge is 2.28. The fraction of sp³-hybridized carbons (Fsp3) is 0.368. The number of halogens is 1. The molecule has 1 aliphatic carbocycles. The molecule has 2 N–H and O–H groups in total. The maximum absolute atomic E-state index is 12.5. The maximum Gasteiger partial charge on any atom is 0.342 e. The number of aryl methyl sites for hydroxylation is 1. The molecule has 6 nitrogen and oxygen atoms in total. The number of ether oxygens (including phenoxy) is 2. The van der Waals surface area contributed by atoms with Gasteiger partial charge in [0.1, 0.15) is 11.3 Å². The van der Waals surface area contributed by atoms with Crippen LogP contribution < -0.4 is 10.5 Å². The van der Waals surface area contributed by atoms with E-state index in [1.54, 1.807) is 0 Å². The summed E-state index contributed by atoms with van der Waals surface area (Å²) in [4.78, 5) is 24.9. The van der Waals surface area contributed by atoms with Crippen molar-refractivity contribution >= 4 is 29.0 Å². The Bertz CT molecular complexity index is 884. The number of esters is 1. The standard InChI is InChI=1S/C19H21ClN2O4/c1-10-6-13(11(2)22(10)12-4-5-12)17(23)9-26-19(24)14-7-15(20)16(21)8-18(14)25-3/h6-8,12H,4-5,9,21H2,1-3H3. The van der Waals surface area contributed by atoms with E-state index in [0.717, 1.165) is 24.2 Å². The number of carbonyl (C=O) groups excluding carboxylic acids is 2. The first-order valence-corrected chi connectivity index (χ1v) is 8.73. The second-order valence-corrected chi connectivity index (χ2v) is 6.87. The smallest absolute Gasteiger partial charge is 0.342 e. The number of hydrogen-bond donors (Lipinski definition) is 1. The van der Waals surface area contributed by atoms with Gasteiger partial charge in [0.2, 0.25) is 5.78 Å². The molecule has 1 heterocycles. The molecule has 0 aliphatic heterocycles. The van der Waals surface area contributed by atoms with Crippen molar-refractivity contribution in [3.05, 3.63) is 45.7 Å². The number of methoxy groups -OCH3 is 1. The van der Waals surface area contributed by atoms with E-state index in [1.807, 2.05) is 19.9 Å². The van der Waals surface area contributed by atoms with Gasteiger partial charge in [0, 0.05) is 29.1 Å². The molecular formula is C19H21ClN2O4. The number of rotatable bonds is 6. The van der Waals surface area contributed by atoms with E-state index in [4.69, 9.17) is 26.8 Å². The summed E-state index contributed by atoms with van der Waals surface area (Å²) in [6.07, 6.45) is 2.27. The number of anilines is 1. The van der Waals surface area contributed by atoms with Gasteiger partial charge in [-0.1, -0.05) is 11.6 Å². The minimum absolute atomic E-state index is 0.128. The number of nitrogens with two attached hydrogens (primary N) is 1. The van der Waals surface area contributed by atoms with Gasteiger partial charge in [-0.3, -0.25) is 4.79 Å². The van der Waals surface area contributed by atoms with Crippen LogP contribution in [0.1, 0.15) is 51.0 Å². The van der Waals surface area contributed by atoms with Crippen LogP contribution in [0, 0.1) is 13.8 Å². The number of nitrogens with zero attached hydrogens (tertiary/aromatic N) is 1. The van der Waals surface area contributed by atoms with Crippen LogP contribution in [0.25, 0.3) is 0 Å². The van der Waals surface area contributed by atoms with Gasteiger partial charge < -0.3 is 19.8 Å². The average molecular weight is 377 g/mol. The molecule has 0 radical (unpaired) electrons. The molecule has 7 heteroatoms. The molecule has 0 spiro atoms. The predicted molar refractivity (Wildman–Crippen MR) is 99.2 cm³/mol. The van der Waals surface area contributed by atoms with Crippen LogP contribution in [0.15, 0.2) is 18.2 Å². The van der Waals surface area contributed by atoms with Gasteiger partial charge in [-0.15, -0.1) is 0 Å². The summed E-state index contributed by atoms with van der Waals surface area (Å²) < 4.78 is 12.5. The molecule has 0 bridgehead atoms. The Hall–Kier alpha value is -2.47. The first kappa shape index (κ1) is 18.3. The first-order valence-electron chi connectivity index (χ1n) is 8.35. The second kappa shape index (κ2) is 7.03. The molecule has 138 valence electrons. The maximum atomic E-state index is 12.5. The van der Waals surface area contributed by atoms with Crippen molar-refractivity contribution in [1.29, 1.82) is 0 Å². The lowest BCUT2D eigenvalue weighted by molar-refractivity contribution is 0.0471. The minimum atomic E-state index is -0.687. The number of hydrogen-bond acceptors (Lipinski definition) is 5. The van der Waals surface area contributed by atoms with Crippen molar-refractivity contribution in [3.8, 4) is 5.75 Å². The zero-order valence-corrected chi connectivity index (χ0v) is 15.7. The summed E-state index contributed by atoms with van der Waals surface area (Å²) in [5, 5.41) is 0.219. The first-order chi connectivity index (χ1) is 12.3. The van der Waals surface area contributed by atoms with Crippen LogP contribution in [0.2, 0.25) is 5.02 Å². The molecule has 1 aromatic heterocycles. The number of carbonyl (C=O) groups is 2. The quantitative estimate of drug-likeness (QED) is 0.472. The van der Waals surface area contributed by atoms with Crippen LogP contribution in [0.4, 0.5) is 5.69 Å². The highest BCUT2D eigenvalue weighted by atomic mass is 35.5. The van der Waals surface area contributed by atoms with E-state index in [-0.39, 0.29) is 28.7 Å². The third-order valence-electron chi connectivity index (χ3n) is 4.57. The SMILES string of the molecule is COc1cc(N)c(Cl)cc1C(=O)OCC(=O)c1cc(C)n(C2CC2)c1C. The van der Waals surface area contributed by atoms with Crippen molar-refractivity contribution in [1.82, 2.24) is 4.57 Å². The third kappa shape index (κ3) is 3.42. The number of benzene rings is 1. The number of Topliss-reactive ketones (excluding diaryl/α,β-unsaturated/α-hetero) is 1. The predicted octanol–water partition coefficient (Wildman–Crippen LogP) is 3.72. The van der Waals surface area contributed by atoms with Gasteiger partial charge in [-0.05, 0) is 38.8 Å². The molecule has 2 aromatic rings. The van der Waals surface area contributed by atoms with E-state index in [9.17, 15) is 9.59 Å². The Morgan fingerprint density at radius 3 is 2.54 bits per heavy atom. The highest BCUT2D eigenvalue weighted by Crippen LogP contribution is 2.38. The average Bonchev–Trinajstić information content (AvgIpc) is 3.39. The van der Waals surface area contributed by atoms with Crippen molar-refractivity contribution in [2.75, 3.05) is 19.5 Å². The van der Waals surface area contributed by atoms with Gasteiger partial charge in [-0.2, -0.15) is 0 Å². The van der Waals surface area contributed by atoms with Crippen LogP contribution in [0.5, 0.6) is 5.75 Å². The summed E-state index contributed by atoms with van der Waals surface area (Å²) in [6, 6.07) is 5.16. The van der Waals surface area contributed by atoms with Crippen LogP contribution >= 0.6 is 11.6 Å². The summed E-state index contributed by atoms with van der Waals surface area (Å²) >= 11 is 5.96. The van der Waals surface area contributed by atoms with Gasteiger partial charge in [0.25, 0.3) is 0 Å². The van der Waals surface area contributed by atoms with Crippen molar-refractivity contribution < 1.29 is 19.1 Å². The van der Waals surface area contributed by atoms with Gasteiger partial charge in [-0.25, -0.2) is 4.79 Å². The van der Waals surface area contributed by atoms with E-state index in [0.29, 0.717) is 17.3 Å². The largest absolute Gasteiger partial charge is 0.496 e. The summed E-state index contributed by atoms with van der Waals surface area (Å²) in [6.45, 7) is 3.55. The van der Waals surface area contributed by atoms with Crippen LogP contribution in [-0.2, 0) is 4.74 Å². The summed E-state index contributed by atoms with van der Waals surface area (Å²) in [7, 11) is 1.41. The Balaban J connectivity index is 1.73. The Morgan fingerprint density at radius 1 is 1.23 bits per heavy atom. The van der Waals surface area contributed by atoms with Gasteiger partial charge in [0.05, 0.1) is 17.8 Å². The summed E-state index contributed by atoms with van der Waals surface area (Å²) in [5.41, 5.74) is 8.68. The van der Waals surface area contributed by atoms with Crippen molar-refractivity contribution in [2.24, 2.45) is 0 Å². The molecular weight excluding hydrogens is 356 g/mol. The highest BCUT2D eigenvalue weighted by molar-refractivity contribution is 6.33. The molecule has 1 aromatic carbocycles. The lowest BCUT2D eigenvalue weighted by Crippen LogP contribution is -2.16. The number of aromatic nitrogens is 1. The minimum Gasteiger partial charge on any atom is -0.496 e. The lowest BCUT2D eigenvalue weighted by Gasteiger charge is -2.11. The zero-order chi connectivity index (χ0) is 19.0. The molecule has 1 saturated carbocycles. The van der Waals surface area contributed by atoms with Crippen molar-refractivity contribution in [2.45, 2.75) is 32.7 Å². The molecule has 0 atom stereocenters. The fourth-order valence-corrected chi connectivity index (χ4v) is 3.30. The van der Waals surface area contributed by atoms with E-state index < -0.39 is 5.97 Å². The second-order valence-electron chi connectivity index (χ2n) is 6.46. The normalized spacial score (nSPS) is 13.5. The Labute approximate surface area is 156 Å². The Kier molecular flexibility index (Phi) is 4.96. The zero-order valence-electron chi connectivity index (χ0n) is 15.0. The lowest BCUT2D eigenvalue weighted by atomic mass is 10.1. The molecule has 0 unspecified atom stereocenters. The van der Waals surface area contributed by atoms with E-state index in [2.05, 4.69) is 4.57 Å². The topological polar surface area (TPSA) is 83.6 Å². The van der Waals surface area contributed by atoms with Crippen LogP contribution in [-0.4, -0.2) is 30.0 Å². The van der Waals surface area contributed by atoms with Crippen molar-refractivity contribution in [3.63, 3.8) is 0 Å². The molecule has 26 heavy (non-hydrogen) atoms. The number of nitrogen functional groups attached to an aromatic ring is 1. The van der Waals surface area contributed by atoms with Gasteiger partial charge >= 0.3 is 5.97 Å². The Morgan fingerprint density at radius 2 is 1.92 bits per heavy atom.